The van der Waals surface area contributed by atoms with E-state index in [1.807, 2.05) is 6.92 Å². The molecular weight excluding hydrogens is 270 g/mol. The van der Waals surface area contributed by atoms with Crippen molar-refractivity contribution in [1.82, 2.24) is 0 Å². The Bertz CT molecular complexity index is 406. The lowest BCUT2D eigenvalue weighted by atomic mass is 9.89. The van der Waals surface area contributed by atoms with Crippen LogP contribution in [0.1, 0.15) is 63.0 Å². The number of benzene rings is 1. The van der Waals surface area contributed by atoms with E-state index in [-0.39, 0.29) is 0 Å². The Labute approximate surface area is 128 Å². The molecule has 2 N–H and O–H groups in total. The summed E-state index contributed by atoms with van der Waals surface area (Å²) >= 11 is 6.32. The molecule has 0 radical (unpaired) electrons. The predicted molar refractivity (Wildman–Crippen MR) is 87.9 cm³/mol. The highest BCUT2D eigenvalue weighted by atomic mass is 35.5. The Balaban J connectivity index is 3.05. The highest BCUT2D eigenvalue weighted by molar-refractivity contribution is 6.31. The lowest BCUT2D eigenvalue weighted by Gasteiger charge is -2.21. The van der Waals surface area contributed by atoms with E-state index >= 15 is 0 Å². The van der Waals surface area contributed by atoms with E-state index < -0.39 is 0 Å². The zero-order chi connectivity index (χ0) is 15.0. The van der Waals surface area contributed by atoms with E-state index in [4.69, 9.17) is 22.1 Å². The SMILES string of the molecule is CCCOc1cc(C)c(Cl)cc1C(CCC)CCCN. The normalized spacial score (nSPS) is 12.4. The third-order valence-electron chi connectivity index (χ3n) is 3.59. The lowest BCUT2D eigenvalue weighted by Crippen LogP contribution is -2.08. The molecule has 0 aliphatic carbocycles. The first-order chi connectivity index (χ1) is 9.63. The highest BCUT2D eigenvalue weighted by Crippen LogP contribution is 2.36. The number of ether oxygens (including phenoxy) is 1. The van der Waals surface area contributed by atoms with Crippen LogP contribution in [-0.2, 0) is 0 Å². The summed E-state index contributed by atoms with van der Waals surface area (Å²) in [7, 11) is 0. The fourth-order valence-corrected chi connectivity index (χ4v) is 2.67. The summed E-state index contributed by atoms with van der Waals surface area (Å²) in [5.74, 6) is 1.50. The maximum absolute atomic E-state index is 6.32. The second-order valence-electron chi connectivity index (χ2n) is 5.40. The van der Waals surface area contributed by atoms with Crippen LogP contribution in [0.2, 0.25) is 5.02 Å². The number of hydrogen-bond acceptors (Lipinski definition) is 2. The predicted octanol–water partition coefficient (Wildman–Crippen LogP) is 5.06. The van der Waals surface area contributed by atoms with E-state index in [0.29, 0.717) is 5.92 Å². The second-order valence-corrected chi connectivity index (χ2v) is 5.81. The van der Waals surface area contributed by atoms with Crippen LogP contribution in [0.3, 0.4) is 0 Å². The van der Waals surface area contributed by atoms with Crippen molar-refractivity contribution >= 4 is 11.6 Å². The van der Waals surface area contributed by atoms with Gasteiger partial charge in [-0.05, 0) is 68.3 Å². The van der Waals surface area contributed by atoms with Gasteiger partial charge in [-0.25, -0.2) is 0 Å². The number of aryl methyl sites for hydroxylation is 1. The van der Waals surface area contributed by atoms with Crippen molar-refractivity contribution in [2.45, 2.75) is 58.8 Å². The van der Waals surface area contributed by atoms with Gasteiger partial charge in [0.05, 0.1) is 6.61 Å². The molecule has 0 aliphatic rings. The number of rotatable bonds is 9. The van der Waals surface area contributed by atoms with Gasteiger partial charge in [0, 0.05) is 5.02 Å². The van der Waals surface area contributed by atoms with Crippen LogP contribution in [-0.4, -0.2) is 13.2 Å². The number of nitrogens with two attached hydrogens (primary N) is 1. The first kappa shape index (κ1) is 17.3. The van der Waals surface area contributed by atoms with E-state index in [1.54, 1.807) is 0 Å². The lowest BCUT2D eigenvalue weighted by molar-refractivity contribution is 0.310. The average Bonchev–Trinajstić information content (AvgIpc) is 2.44. The van der Waals surface area contributed by atoms with Crippen molar-refractivity contribution in [3.05, 3.63) is 28.3 Å². The fourth-order valence-electron chi connectivity index (χ4n) is 2.49. The van der Waals surface area contributed by atoms with Gasteiger partial charge in [-0.2, -0.15) is 0 Å². The van der Waals surface area contributed by atoms with Crippen LogP contribution >= 0.6 is 11.6 Å². The van der Waals surface area contributed by atoms with E-state index in [1.165, 1.54) is 5.56 Å². The Morgan fingerprint density at radius 1 is 1.20 bits per heavy atom. The summed E-state index contributed by atoms with van der Waals surface area (Å²) in [6, 6.07) is 4.18. The number of hydrogen-bond donors (Lipinski definition) is 1. The van der Waals surface area contributed by atoms with Crippen LogP contribution in [0.4, 0.5) is 0 Å². The topological polar surface area (TPSA) is 35.2 Å². The van der Waals surface area contributed by atoms with Crippen LogP contribution < -0.4 is 10.5 Å². The molecule has 0 saturated heterocycles. The molecule has 0 aliphatic heterocycles. The van der Waals surface area contributed by atoms with Crippen LogP contribution in [0.15, 0.2) is 12.1 Å². The van der Waals surface area contributed by atoms with Crippen molar-refractivity contribution in [1.29, 1.82) is 0 Å². The minimum absolute atomic E-state index is 0.494. The van der Waals surface area contributed by atoms with Gasteiger partial charge in [0.25, 0.3) is 0 Å². The Kier molecular flexibility index (Phi) is 8.01. The first-order valence-electron chi connectivity index (χ1n) is 7.76. The Morgan fingerprint density at radius 2 is 1.95 bits per heavy atom. The molecule has 1 aromatic rings. The van der Waals surface area contributed by atoms with Crippen LogP contribution in [0.25, 0.3) is 0 Å². The molecule has 3 heteroatoms. The molecule has 0 heterocycles. The van der Waals surface area contributed by atoms with Gasteiger partial charge in [-0.3, -0.25) is 0 Å². The van der Waals surface area contributed by atoms with Gasteiger partial charge in [0.1, 0.15) is 5.75 Å². The first-order valence-corrected chi connectivity index (χ1v) is 8.14. The monoisotopic (exact) mass is 297 g/mol. The minimum Gasteiger partial charge on any atom is -0.493 e. The Hall–Kier alpha value is -0.730. The standard InChI is InChI=1S/C17H28ClNO/c1-4-7-14(8-6-9-19)15-12-16(18)13(3)11-17(15)20-10-5-2/h11-12,14H,4-10,19H2,1-3H3. The molecule has 1 rings (SSSR count). The molecule has 1 aromatic carbocycles. The third kappa shape index (κ3) is 4.99. The summed E-state index contributed by atoms with van der Waals surface area (Å²) < 4.78 is 5.94. The van der Waals surface area contributed by atoms with Crippen LogP contribution in [0.5, 0.6) is 5.75 Å². The molecule has 0 aromatic heterocycles. The zero-order valence-electron chi connectivity index (χ0n) is 13.0. The maximum atomic E-state index is 6.32. The van der Waals surface area contributed by atoms with Crippen LogP contribution in [0, 0.1) is 6.92 Å². The summed E-state index contributed by atoms with van der Waals surface area (Å²) in [6.45, 7) is 7.87. The zero-order valence-corrected chi connectivity index (χ0v) is 13.8. The van der Waals surface area contributed by atoms with E-state index in [0.717, 1.165) is 61.6 Å². The van der Waals surface area contributed by atoms with Crippen molar-refractivity contribution in [3.63, 3.8) is 0 Å². The quantitative estimate of drug-likeness (QED) is 0.691. The number of halogens is 1. The fraction of sp³-hybridized carbons (Fsp3) is 0.647. The summed E-state index contributed by atoms with van der Waals surface area (Å²) in [5, 5.41) is 0.831. The largest absolute Gasteiger partial charge is 0.493 e. The Morgan fingerprint density at radius 3 is 2.55 bits per heavy atom. The van der Waals surface area contributed by atoms with E-state index in [2.05, 4.69) is 26.0 Å². The van der Waals surface area contributed by atoms with Gasteiger partial charge in [-0.15, -0.1) is 0 Å². The summed E-state index contributed by atoms with van der Waals surface area (Å²) in [4.78, 5) is 0. The molecule has 0 amide bonds. The van der Waals surface area contributed by atoms with E-state index in [9.17, 15) is 0 Å². The van der Waals surface area contributed by atoms with Gasteiger partial charge >= 0.3 is 0 Å². The van der Waals surface area contributed by atoms with Gasteiger partial charge in [0.2, 0.25) is 0 Å². The molecule has 1 atom stereocenters. The van der Waals surface area contributed by atoms with Crippen molar-refractivity contribution in [3.8, 4) is 5.75 Å². The minimum atomic E-state index is 0.494. The molecule has 0 bridgehead atoms. The summed E-state index contributed by atoms with van der Waals surface area (Å²) in [6.07, 6.45) is 5.48. The van der Waals surface area contributed by atoms with Gasteiger partial charge in [-0.1, -0.05) is 31.9 Å². The molecule has 0 fully saturated rings. The molecule has 20 heavy (non-hydrogen) atoms. The molecule has 114 valence electrons. The molecule has 1 unspecified atom stereocenters. The van der Waals surface area contributed by atoms with Gasteiger partial charge < -0.3 is 10.5 Å². The van der Waals surface area contributed by atoms with Gasteiger partial charge in [0.15, 0.2) is 0 Å². The van der Waals surface area contributed by atoms with Crippen molar-refractivity contribution in [2.75, 3.05) is 13.2 Å². The molecule has 0 saturated carbocycles. The smallest absolute Gasteiger partial charge is 0.123 e. The molecular formula is C17H28ClNO. The van der Waals surface area contributed by atoms with Crippen molar-refractivity contribution < 1.29 is 4.74 Å². The average molecular weight is 298 g/mol. The van der Waals surface area contributed by atoms with Crippen molar-refractivity contribution in [2.24, 2.45) is 5.73 Å². The third-order valence-corrected chi connectivity index (χ3v) is 3.99. The molecule has 2 nitrogen and oxygen atoms in total. The maximum Gasteiger partial charge on any atom is 0.123 e. The molecule has 0 spiro atoms. The second kappa shape index (κ2) is 9.25. The summed E-state index contributed by atoms with van der Waals surface area (Å²) in [5.41, 5.74) is 8.00. The highest BCUT2D eigenvalue weighted by Gasteiger charge is 2.17.